The van der Waals surface area contributed by atoms with Crippen molar-refractivity contribution in [2.24, 2.45) is 0 Å². The van der Waals surface area contributed by atoms with Gasteiger partial charge in [0, 0.05) is 30.8 Å². The molecule has 0 fully saturated rings. The van der Waals surface area contributed by atoms with E-state index in [2.05, 4.69) is 10.2 Å². The first-order chi connectivity index (χ1) is 13.7. The number of halogens is 1. The molecule has 0 heterocycles. The highest BCUT2D eigenvalue weighted by atomic mass is 35.5. The molecule has 0 bridgehead atoms. The molecule has 158 valence electrons. The number of para-hydroxylation sites is 1. The molecule has 2 aromatic rings. The predicted octanol–water partition coefficient (Wildman–Crippen LogP) is 3.53. The molecular weight excluding hydrogens is 410 g/mol. The van der Waals surface area contributed by atoms with Gasteiger partial charge in [-0.3, -0.25) is 9.10 Å². The van der Waals surface area contributed by atoms with Gasteiger partial charge in [-0.25, -0.2) is 8.42 Å². The monoisotopic (exact) mass is 437 g/mol. The van der Waals surface area contributed by atoms with E-state index in [9.17, 15) is 13.2 Å². The Hall–Kier alpha value is -2.25. The summed E-state index contributed by atoms with van der Waals surface area (Å²) in [6, 6.07) is 15.6. The summed E-state index contributed by atoms with van der Waals surface area (Å²) in [7, 11) is -1.65. The average Bonchev–Trinajstić information content (AvgIpc) is 2.69. The standard InChI is InChI=1S/C21H28ClN3O3S/c1-4-20(25(29(3,27)28)19-13-11-17(22)12-14-19)21(26)23-15-8-16-24(2)18-9-6-5-7-10-18/h5-7,9-14,20H,4,8,15-16H2,1-3H3,(H,23,26). The minimum Gasteiger partial charge on any atom is -0.375 e. The van der Waals surface area contributed by atoms with Gasteiger partial charge in [0.15, 0.2) is 0 Å². The van der Waals surface area contributed by atoms with E-state index in [1.165, 1.54) is 0 Å². The lowest BCUT2D eigenvalue weighted by atomic mass is 10.2. The molecule has 29 heavy (non-hydrogen) atoms. The highest BCUT2D eigenvalue weighted by Crippen LogP contribution is 2.24. The quantitative estimate of drug-likeness (QED) is 0.577. The summed E-state index contributed by atoms with van der Waals surface area (Å²) < 4.78 is 26.0. The summed E-state index contributed by atoms with van der Waals surface area (Å²) in [5.41, 5.74) is 1.53. The number of carbonyl (C=O) groups excluding carboxylic acids is 1. The van der Waals surface area contributed by atoms with Gasteiger partial charge in [-0.2, -0.15) is 0 Å². The number of nitrogens with one attached hydrogen (secondary N) is 1. The topological polar surface area (TPSA) is 69.7 Å². The Morgan fingerprint density at radius 1 is 1.07 bits per heavy atom. The smallest absolute Gasteiger partial charge is 0.243 e. The van der Waals surface area contributed by atoms with E-state index in [4.69, 9.17) is 11.6 Å². The van der Waals surface area contributed by atoms with Gasteiger partial charge >= 0.3 is 0 Å². The molecule has 0 radical (unpaired) electrons. The number of carbonyl (C=O) groups is 1. The molecule has 2 aromatic carbocycles. The molecule has 1 unspecified atom stereocenters. The van der Waals surface area contributed by atoms with Crippen LogP contribution in [0.5, 0.6) is 0 Å². The van der Waals surface area contributed by atoms with Gasteiger partial charge in [0.2, 0.25) is 15.9 Å². The molecule has 1 N–H and O–H groups in total. The first kappa shape index (κ1) is 23.0. The minimum absolute atomic E-state index is 0.310. The summed E-state index contributed by atoms with van der Waals surface area (Å²) in [5.74, 6) is -0.310. The maximum Gasteiger partial charge on any atom is 0.243 e. The minimum atomic E-state index is -3.65. The summed E-state index contributed by atoms with van der Waals surface area (Å²) >= 11 is 5.91. The fourth-order valence-corrected chi connectivity index (χ4v) is 4.44. The number of hydrogen-bond donors (Lipinski definition) is 1. The van der Waals surface area contributed by atoms with Gasteiger partial charge in [0.05, 0.1) is 11.9 Å². The SMILES string of the molecule is CCC(C(=O)NCCCN(C)c1ccccc1)N(c1ccc(Cl)cc1)S(C)(=O)=O. The molecule has 6 nitrogen and oxygen atoms in total. The van der Waals surface area contributed by atoms with Crippen molar-refractivity contribution in [2.75, 3.05) is 35.6 Å². The molecular formula is C21H28ClN3O3S. The summed E-state index contributed by atoms with van der Waals surface area (Å²) in [6.45, 7) is 3.03. The molecule has 1 atom stereocenters. The van der Waals surface area contributed by atoms with Gasteiger partial charge in [-0.1, -0.05) is 36.7 Å². The largest absolute Gasteiger partial charge is 0.375 e. The molecule has 0 saturated carbocycles. The molecule has 0 aliphatic heterocycles. The Labute approximate surface area is 178 Å². The second-order valence-corrected chi connectivity index (χ2v) is 9.16. The second kappa shape index (κ2) is 10.5. The summed E-state index contributed by atoms with van der Waals surface area (Å²) in [5, 5.41) is 3.38. The van der Waals surface area contributed by atoms with Crippen LogP contribution >= 0.6 is 11.6 Å². The van der Waals surface area contributed by atoms with Gasteiger partial charge < -0.3 is 10.2 Å². The van der Waals surface area contributed by atoms with Crippen LogP contribution in [0, 0.1) is 0 Å². The zero-order valence-electron chi connectivity index (χ0n) is 17.0. The van der Waals surface area contributed by atoms with Crippen molar-refractivity contribution in [1.82, 2.24) is 5.32 Å². The number of amides is 1. The first-order valence-corrected chi connectivity index (χ1v) is 11.8. The fourth-order valence-electron chi connectivity index (χ4n) is 3.11. The van der Waals surface area contributed by atoms with Crippen LogP contribution in [-0.2, 0) is 14.8 Å². The lowest BCUT2D eigenvalue weighted by Crippen LogP contribution is -2.49. The number of anilines is 2. The number of hydrogen-bond acceptors (Lipinski definition) is 4. The van der Waals surface area contributed by atoms with Gasteiger partial charge in [-0.05, 0) is 49.2 Å². The third-order valence-corrected chi connectivity index (χ3v) is 6.01. The highest BCUT2D eigenvalue weighted by molar-refractivity contribution is 7.92. The molecule has 0 aromatic heterocycles. The van der Waals surface area contributed by atoms with Gasteiger partial charge in [0.1, 0.15) is 6.04 Å². The number of benzene rings is 2. The molecule has 2 rings (SSSR count). The Morgan fingerprint density at radius 2 is 1.69 bits per heavy atom. The van der Waals surface area contributed by atoms with Crippen LogP contribution in [-0.4, -0.2) is 46.8 Å². The fraction of sp³-hybridized carbons (Fsp3) is 0.381. The van der Waals surface area contributed by atoms with Crippen molar-refractivity contribution in [3.05, 3.63) is 59.6 Å². The zero-order valence-corrected chi connectivity index (χ0v) is 18.6. The average molecular weight is 438 g/mol. The van der Waals surface area contributed by atoms with Crippen LogP contribution in [0.3, 0.4) is 0 Å². The Balaban J connectivity index is 1.99. The molecule has 8 heteroatoms. The first-order valence-electron chi connectivity index (χ1n) is 9.53. The summed E-state index contributed by atoms with van der Waals surface area (Å²) in [4.78, 5) is 14.9. The number of nitrogens with zero attached hydrogens (tertiary/aromatic N) is 2. The van der Waals surface area contributed by atoms with E-state index in [1.807, 2.05) is 37.4 Å². The van der Waals surface area contributed by atoms with Crippen LogP contribution in [0.15, 0.2) is 54.6 Å². The number of sulfonamides is 1. The third-order valence-electron chi connectivity index (χ3n) is 4.58. The van der Waals surface area contributed by atoms with Gasteiger partial charge in [0.25, 0.3) is 0 Å². The molecule has 0 aliphatic carbocycles. The Bertz CT molecular complexity index is 889. The second-order valence-electron chi connectivity index (χ2n) is 6.86. The van der Waals surface area contributed by atoms with Crippen molar-refractivity contribution < 1.29 is 13.2 Å². The molecule has 0 saturated heterocycles. The predicted molar refractivity (Wildman–Crippen MR) is 120 cm³/mol. The van der Waals surface area contributed by atoms with Crippen LogP contribution in [0.25, 0.3) is 0 Å². The molecule has 0 aliphatic rings. The molecule has 1 amide bonds. The lowest BCUT2D eigenvalue weighted by molar-refractivity contribution is -0.122. The van der Waals surface area contributed by atoms with Crippen molar-refractivity contribution in [1.29, 1.82) is 0 Å². The van der Waals surface area contributed by atoms with Crippen molar-refractivity contribution in [2.45, 2.75) is 25.8 Å². The van der Waals surface area contributed by atoms with Crippen molar-refractivity contribution in [3.63, 3.8) is 0 Å². The molecule has 0 spiro atoms. The normalized spacial score (nSPS) is 12.3. The van der Waals surface area contributed by atoms with E-state index < -0.39 is 16.1 Å². The van der Waals surface area contributed by atoms with Crippen molar-refractivity contribution in [3.8, 4) is 0 Å². The van der Waals surface area contributed by atoms with E-state index >= 15 is 0 Å². The van der Waals surface area contributed by atoms with Crippen molar-refractivity contribution >= 4 is 38.9 Å². The van der Waals surface area contributed by atoms with Gasteiger partial charge in [-0.15, -0.1) is 0 Å². The lowest BCUT2D eigenvalue weighted by Gasteiger charge is -2.30. The Kier molecular flexibility index (Phi) is 8.34. The van der Waals surface area contributed by atoms with Crippen LogP contribution in [0.1, 0.15) is 19.8 Å². The van der Waals surface area contributed by atoms with E-state index in [0.717, 1.165) is 29.2 Å². The van der Waals surface area contributed by atoms with Crippen LogP contribution in [0.2, 0.25) is 5.02 Å². The van der Waals surface area contributed by atoms with Crippen LogP contribution < -0.4 is 14.5 Å². The maximum absolute atomic E-state index is 12.8. The van der Waals surface area contributed by atoms with Crippen LogP contribution in [0.4, 0.5) is 11.4 Å². The van der Waals surface area contributed by atoms with E-state index in [-0.39, 0.29) is 5.91 Å². The highest BCUT2D eigenvalue weighted by Gasteiger charge is 2.31. The number of rotatable bonds is 10. The van der Waals surface area contributed by atoms with E-state index in [0.29, 0.717) is 23.7 Å². The Morgan fingerprint density at radius 3 is 2.24 bits per heavy atom. The summed E-state index contributed by atoms with van der Waals surface area (Å²) in [6.07, 6.45) is 2.20. The third kappa shape index (κ3) is 6.65. The zero-order chi connectivity index (χ0) is 21.4. The van der Waals surface area contributed by atoms with E-state index in [1.54, 1.807) is 31.2 Å². The maximum atomic E-state index is 12.8.